The summed E-state index contributed by atoms with van der Waals surface area (Å²) in [6, 6.07) is 19.0. The Labute approximate surface area is 166 Å². The third kappa shape index (κ3) is 5.49. The van der Waals surface area contributed by atoms with Gasteiger partial charge in [-0.1, -0.05) is 46.3 Å². The molecule has 2 aromatic carbocycles. The van der Waals surface area contributed by atoms with Crippen molar-refractivity contribution in [3.05, 3.63) is 93.7 Å². The Bertz CT molecular complexity index is 941. The van der Waals surface area contributed by atoms with Crippen LogP contribution >= 0.6 is 15.9 Å². The van der Waals surface area contributed by atoms with Gasteiger partial charge in [-0.25, -0.2) is 5.43 Å². The Morgan fingerprint density at radius 3 is 2.74 bits per heavy atom. The van der Waals surface area contributed by atoms with Gasteiger partial charge in [0.1, 0.15) is 12.4 Å². The van der Waals surface area contributed by atoms with Gasteiger partial charge in [0.05, 0.1) is 11.8 Å². The van der Waals surface area contributed by atoms with Crippen molar-refractivity contribution < 1.29 is 9.53 Å². The molecule has 0 spiro atoms. The summed E-state index contributed by atoms with van der Waals surface area (Å²) in [5.41, 5.74) is 5.63. The van der Waals surface area contributed by atoms with Crippen molar-refractivity contribution in [3.8, 4) is 5.75 Å². The molecular formula is C21H18BrN3O2. The highest BCUT2D eigenvalue weighted by atomic mass is 79.9. The monoisotopic (exact) mass is 423 g/mol. The fourth-order valence-electron chi connectivity index (χ4n) is 2.31. The van der Waals surface area contributed by atoms with Crippen molar-refractivity contribution in [2.24, 2.45) is 5.10 Å². The van der Waals surface area contributed by atoms with Crippen LogP contribution in [0.5, 0.6) is 5.75 Å². The molecule has 27 heavy (non-hydrogen) atoms. The zero-order chi connectivity index (χ0) is 19.1. The highest BCUT2D eigenvalue weighted by molar-refractivity contribution is 9.10. The van der Waals surface area contributed by atoms with E-state index in [0.29, 0.717) is 17.9 Å². The number of aromatic nitrogens is 1. The second kappa shape index (κ2) is 9.09. The molecule has 6 heteroatoms. The van der Waals surface area contributed by atoms with Crippen molar-refractivity contribution in [1.29, 1.82) is 0 Å². The molecule has 0 radical (unpaired) electrons. The number of rotatable bonds is 6. The quantitative estimate of drug-likeness (QED) is 0.468. The van der Waals surface area contributed by atoms with Gasteiger partial charge in [-0.2, -0.15) is 5.10 Å². The fourth-order valence-corrected chi connectivity index (χ4v) is 2.69. The number of halogens is 1. The summed E-state index contributed by atoms with van der Waals surface area (Å²) >= 11 is 3.44. The van der Waals surface area contributed by atoms with Crippen LogP contribution in [0.15, 0.2) is 76.4 Å². The van der Waals surface area contributed by atoms with E-state index in [0.717, 1.165) is 21.3 Å². The summed E-state index contributed by atoms with van der Waals surface area (Å²) < 4.78 is 6.79. The Kier molecular flexibility index (Phi) is 6.33. The molecule has 0 saturated heterocycles. The van der Waals surface area contributed by atoms with Gasteiger partial charge >= 0.3 is 0 Å². The zero-order valence-electron chi connectivity index (χ0n) is 14.7. The van der Waals surface area contributed by atoms with E-state index < -0.39 is 0 Å². The van der Waals surface area contributed by atoms with Crippen molar-refractivity contribution in [2.45, 2.75) is 13.5 Å². The molecule has 0 atom stereocenters. The average Bonchev–Trinajstić information content (AvgIpc) is 2.68. The number of carbonyl (C=O) groups excluding carboxylic acids is 1. The van der Waals surface area contributed by atoms with Gasteiger partial charge in [0.15, 0.2) is 0 Å². The van der Waals surface area contributed by atoms with Crippen LogP contribution < -0.4 is 10.2 Å². The number of benzene rings is 2. The molecule has 0 aliphatic heterocycles. The maximum Gasteiger partial charge on any atom is 0.272 e. The number of aryl methyl sites for hydroxylation is 1. The normalized spacial score (nSPS) is 10.7. The number of hydrogen-bond donors (Lipinski definition) is 1. The third-order valence-corrected chi connectivity index (χ3v) is 4.25. The van der Waals surface area contributed by atoms with Crippen LogP contribution in [0.2, 0.25) is 0 Å². The molecule has 1 amide bonds. The number of nitrogens with one attached hydrogen (secondary N) is 1. The van der Waals surface area contributed by atoms with Crippen LogP contribution in [0, 0.1) is 6.92 Å². The number of carbonyl (C=O) groups is 1. The number of ether oxygens (including phenoxy) is 1. The van der Waals surface area contributed by atoms with Gasteiger partial charge in [-0.3, -0.25) is 9.78 Å². The van der Waals surface area contributed by atoms with Gasteiger partial charge in [0.25, 0.3) is 5.91 Å². The predicted octanol–water partition coefficient (Wildman–Crippen LogP) is 4.50. The summed E-state index contributed by atoms with van der Waals surface area (Å²) in [5, 5.41) is 4.04. The topological polar surface area (TPSA) is 63.6 Å². The maximum atomic E-state index is 12.1. The summed E-state index contributed by atoms with van der Waals surface area (Å²) in [6.45, 7) is 2.31. The molecule has 3 aromatic rings. The van der Waals surface area contributed by atoms with E-state index in [2.05, 4.69) is 31.4 Å². The van der Waals surface area contributed by atoms with E-state index in [9.17, 15) is 4.79 Å². The Morgan fingerprint density at radius 2 is 2.00 bits per heavy atom. The molecule has 0 aliphatic rings. The zero-order valence-corrected chi connectivity index (χ0v) is 16.3. The molecule has 1 aromatic heterocycles. The Balaban J connectivity index is 1.68. The summed E-state index contributed by atoms with van der Waals surface area (Å²) in [5.74, 6) is 0.359. The molecule has 1 N–H and O–H groups in total. The smallest absolute Gasteiger partial charge is 0.272 e. The van der Waals surface area contributed by atoms with E-state index in [-0.39, 0.29) is 5.91 Å². The van der Waals surface area contributed by atoms with Gasteiger partial charge in [-0.15, -0.1) is 0 Å². The molecule has 1 heterocycles. The lowest BCUT2D eigenvalue weighted by atomic mass is 10.2. The number of nitrogens with zero attached hydrogens (tertiary/aromatic N) is 2. The second-order valence-corrected chi connectivity index (χ2v) is 6.76. The highest BCUT2D eigenvalue weighted by Crippen LogP contribution is 2.22. The minimum absolute atomic E-state index is 0.319. The first kappa shape index (κ1) is 18.8. The molecule has 0 saturated carbocycles. The van der Waals surface area contributed by atoms with Gasteiger partial charge in [-0.05, 0) is 42.8 Å². The lowest BCUT2D eigenvalue weighted by Gasteiger charge is -2.09. The van der Waals surface area contributed by atoms with E-state index in [1.54, 1.807) is 18.3 Å². The Morgan fingerprint density at radius 1 is 1.19 bits per heavy atom. The first-order valence-electron chi connectivity index (χ1n) is 8.34. The summed E-state index contributed by atoms with van der Waals surface area (Å²) in [7, 11) is 0. The minimum atomic E-state index is -0.319. The van der Waals surface area contributed by atoms with E-state index in [4.69, 9.17) is 4.74 Å². The lowest BCUT2D eigenvalue weighted by molar-refractivity contribution is 0.0954. The highest BCUT2D eigenvalue weighted by Gasteiger charge is 2.06. The summed E-state index contributed by atoms with van der Waals surface area (Å²) in [6.07, 6.45) is 3.08. The molecule has 0 fully saturated rings. The predicted molar refractivity (Wildman–Crippen MR) is 109 cm³/mol. The van der Waals surface area contributed by atoms with Crippen molar-refractivity contribution in [1.82, 2.24) is 10.4 Å². The van der Waals surface area contributed by atoms with E-state index in [1.165, 1.54) is 6.20 Å². The first-order valence-corrected chi connectivity index (χ1v) is 9.13. The van der Waals surface area contributed by atoms with Crippen molar-refractivity contribution in [3.63, 3.8) is 0 Å². The fraction of sp³-hybridized carbons (Fsp3) is 0.0952. The van der Waals surface area contributed by atoms with Gasteiger partial charge in [0, 0.05) is 21.9 Å². The standard InChI is InChI=1S/C21H18BrN3O2/c1-15-7-8-17(12-23-15)21(26)25-24-13-18-11-19(22)9-10-20(18)27-14-16-5-3-2-4-6-16/h2-13H,14H2,1H3,(H,25,26)/b24-13+. The first-order chi connectivity index (χ1) is 13.1. The SMILES string of the molecule is Cc1ccc(C(=O)N/N=C/c2cc(Br)ccc2OCc2ccccc2)cn1. The van der Waals surface area contributed by atoms with E-state index >= 15 is 0 Å². The van der Waals surface area contributed by atoms with Gasteiger partial charge < -0.3 is 4.74 Å². The molecular weight excluding hydrogens is 406 g/mol. The molecule has 0 aliphatic carbocycles. The van der Waals surface area contributed by atoms with Crippen molar-refractivity contribution >= 4 is 28.1 Å². The molecule has 3 rings (SSSR count). The number of amides is 1. The second-order valence-electron chi connectivity index (χ2n) is 5.84. The number of hydrazone groups is 1. The number of pyridine rings is 1. The average molecular weight is 424 g/mol. The van der Waals surface area contributed by atoms with Crippen LogP contribution in [0.4, 0.5) is 0 Å². The molecule has 5 nitrogen and oxygen atoms in total. The number of hydrogen-bond acceptors (Lipinski definition) is 4. The molecule has 136 valence electrons. The van der Waals surface area contributed by atoms with Crippen LogP contribution in [0.25, 0.3) is 0 Å². The lowest BCUT2D eigenvalue weighted by Crippen LogP contribution is -2.17. The van der Waals surface area contributed by atoms with Crippen LogP contribution in [-0.2, 0) is 6.61 Å². The van der Waals surface area contributed by atoms with Crippen LogP contribution in [0.3, 0.4) is 0 Å². The van der Waals surface area contributed by atoms with Crippen molar-refractivity contribution in [2.75, 3.05) is 0 Å². The largest absolute Gasteiger partial charge is 0.488 e. The third-order valence-electron chi connectivity index (χ3n) is 3.75. The van der Waals surface area contributed by atoms with Crippen LogP contribution in [0.1, 0.15) is 27.2 Å². The summed E-state index contributed by atoms with van der Waals surface area (Å²) in [4.78, 5) is 16.2. The maximum absolute atomic E-state index is 12.1. The van der Waals surface area contributed by atoms with E-state index in [1.807, 2.05) is 55.5 Å². The van der Waals surface area contributed by atoms with Gasteiger partial charge in [0.2, 0.25) is 0 Å². The molecule has 0 unspecified atom stereocenters. The molecule has 0 bridgehead atoms. The van der Waals surface area contributed by atoms with Crippen LogP contribution in [-0.4, -0.2) is 17.1 Å². The minimum Gasteiger partial charge on any atom is -0.488 e. The Hall–Kier alpha value is -2.99.